The molecule has 1 aromatic heterocycles. The molecule has 1 amide bonds. The fraction of sp³-hybridized carbons (Fsp3) is 0.600. The van der Waals surface area contributed by atoms with Crippen molar-refractivity contribution in [2.45, 2.75) is 40.2 Å². The van der Waals surface area contributed by atoms with Crippen LogP contribution in [0, 0.1) is 12.3 Å². The van der Waals surface area contributed by atoms with Gasteiger partial charge in [0.15, 0.2) is 5.78 Å². The van der Waals surface area contributed by atoms with E-state index < -0.39 is 5.91 Å². The minimum Gasteiger partial charge on any atom is -0.370 e. The first-order valence-electron chi connectivity index (χ1n) is 6.88. The molecular formula is C15H22N2O3. The highest BCUT2D eigenvalue weighted by molar-refractivity contribution is 5.99. The number of hydrogen-bond acceptors (Lipinski definition) is 3. The summed E-state index contributed by atoms with van der Waals surface area (Å²) in [7, 11) is 0. The highest BCUT2D eigenvalue weighted by atomic mass is 16.5. The Labute approximate surface area is 119 Å². The lowest BCUT2D eigenvalue weighted by molar-refractivity contribution is -0.122. The second kappa shape index (κ2) is 5.40. The molecule has 0 saturated heterocycles. The second-order valence-corrected chi connectivity index (χ2v) is 6.26. The lowest BCUT2D eigenvalue weighted by Crippen LogP contribution is -2.28. The summed E-state index contributed by atoms with van der Waals surface area (Å²) in [5.41, 5.74) is 8.02. The molecule has 0 saturated carbocycles. The maximum absolute atomic E-state index is 12.2. The van der Waals surface area contributed by atoms with E-state index in [9.17, 15) is 9.59 Å². The zero-order valence-electron chi connectivity index (χ0n) is 12.4. The number of aryl methyl sites for hydroxylation is 1. The van der Waals surface area contributed by atoms with Crippen molar-refractivity contribution in [2.24, 2.45) is 11.1 Å². The summed E-state index contributed by atoms with van der Waals surface area (Å²) in [4.78, 5) is 22.8. The van der Waals surface area contributed by atoms with Gasteiger partial charge in [0, 0.05) is 29.9 Å². The van der Waals surface area contributed by atoms with Crippen LogP contribution in [0.25, 0.3) is 0 Å². The molecule has 0 spiro atoms. The van der Waals surface area contributed by atoms with Crippen molar-refractivity contribution in [1.29, 1.82) is 0 Å². The van der Waals surface area contributed by atoms with Crippen molar-refractivity contribution in [3.63, 3.8) is 0 Å². The summed E-state index contributed by atoms with van der Waals surface area (Å²) in [5.74, 6) is -0.247. The highest BCUT2D eigenvalue weighted by Gasteiger charge is 2.33. The summed E-state index contributed by atoms with van der Waals surface area (Å²) >= 11 is 0. The van der Waals surface area contributed by atoms with Gasteiger partial charge in [-0.25, -0.2) is 0 Å². The SMILES string of the molecule is Cc1cc2c(n1CCOCC(N)=O)CC(C)(C)CC2=O. The van der Waals surface area contributed by atoms with E-state index >= 15 is 0 Å². The lowest BCUT2D eigenvalue weighted by Gasteiger charge is -2.29. The normalized spacial score (nSPS) is 17.1. The number of primary amides is 1. The molecule has 0 unspecified atom stereocenters. The number of Topliss-reactive ketones (excluding diaryl/α,β-unsaturated/α-hetero) is 1. The van der Waals surface area contributed by atoms with E-state index in [4.69, 9.17) is 10.5 Å². The quantitative estimate of drug-likeness (QED) is 0.828. The Morgan fingerprint density at radius 3 is 2.80 bits per heavy atom. The smallest absolute Gasteiger partial charge is 0.243 e. The number of amides is 1. The van der Waals surface area contributed by atoms with Gasteiger partial charge in [0.05, 0.1) is 6.61 Å². The van der Waals surface area contributed by atoms with Crippen molar-refractivity contribution >= 4 is 11.7 Å². The highest BCUT2D eigenvalue weighted by Crippen LogP contribution is 2.36. The number of rotatable bonds is 5. The van der Waals surface area contributed by atoms with Gasteiger partial charge in [0.2, 0.25) is 5.91 Å². The van der Waals surface area contributed by atoms with E-state index in [2.05, 4.69) is 18.4 Å². The molecule has 110 valence electrons. The fourth-order valence-electron chi connectivity index (χ4n) is 2.85. The van der Waals surface area contributed by atoms with Crippen LogP contribution in [0.1, 0.15) is 42.0 Å². The summed E-state index contributed by atoms with van der Waals surface area (Å²) in [5, 5.41) is 0. The Morgan fingerprint density at radius 2 is 2.15 bits per heavy atom. The Kier molecular flexibility index (Phi) is 3.99. The number of ether oxygens (including phenoxy) is 1. The summed E-state index contributed by atoms with van der Waals surface area (Å²) in [6.07, 6.45) is 1.49. The first-order valence-corrected chi connectivity index (χ1v) is 6.88. The first-order chi connectivity index (χ1) is 9.30. The van der Waals surface area contributed by atoms with Gasteiger partial charge in [-0.3, -0.25) is 9.59 Å². The van der Waals surface area contributed by atoms with Crippen molar-refractivity contribution < 1.29 is 14.3 Å². The summed E-state index contributed by atoms with van der Waals surface area (Å²) in [6, 6.07) is 1.96. The molecule has 2 N–H and O–H groups in total. The molecule has 1 aromatic rings. The third-order valence-corrected chi connectivity index (χ3v) is 3.70. The zero-order valence-corrected chi connectivity index (χ0v) is 12.4. The standard InChI is InChI=1S/C15H22N2O3/c1-10-6-11-12(7-15(2,3)8-13(11)18)17(10)4-5-20-9-14(16)19/h6H,4-5,7-9H2,1-3H3,(H2,16,19). The average Bonchev–Trinajstić information content (AvgIpc) is 2.60. The van der Waals surface area contributed by atoms with Crippen LogP contribution in [0.3, 0.4) is 0 Å². The number of nitrogens with zero attached hydrogens (tertiary/aromatic N) is 1. The van der Waals surface area contributed by atoms with Crippen LogP contribution in [0.15, 0.2) is 6.07 Å². The van der Waals surface area contributed by atoms with E-state index in [1.165, 1.54) is 0 Å². The monoisotopic (exact) mass is 278 g/mol. The molecule has 0 fully saturated rings. The van der Waals surface area contributed by atoms with Gasteiger partial charge in [-0.1, -0.05) is 13.8 Å². The molecule has 0 atom stereocenters. The molecule has 0 aromatic carbocycles. The number of carbonyl (C=O) groups excluding carboxylic acids is 2. The Morgan fingerprint density at radius 1 is 1.45 bits per heavy atom. The van der Waals surface area contributed by atoms with Crippen LogP contribution in [0.2, 0.25) is 0 Å². The minimum atomic E-state index is -0.465. The fourth-order valence-corrected chi connectivity index (χ4v) is 2.85. The van der Waals surface area contributed by atoms with Gasteiger partial charge in [0.1, 0.15) is 6.61 Å². The molecule has 1 heterocycles. The van der Waals surface area contributed by atoms with Gasteiger partial charge >= 0.3 is 0 Å². The molecule has 1 aliphatic rings. The third-order valence-electron chi connectivity index (χ3n) is 3.70. The van der Waals surface area contributed by atoms with E-state index in [0.717, 1.165) is 23.4 Å². The first kappa shape index (κ1) is 14.8. The molecule has 0 radical (unpaired) electrons. The predicted molar refractivity (Wildman–Crippen MR) is 75.6 cm³/mol. The number of fused-ring (bicyclic) bond motifs is 1. The molecule has 0 bridgehead atoms. The van der Waals surface area contributed by atoms with Crippen molar-refractivity contribution in [2.75, 3.05) is 13.2 Å². The lowest BCUT2D eigenvalue weighted by atomic mass is 9.76. The Hall–Kier alpha value is -1.62. The van der Waals surface area contributed by atoms with Gasteiger partial charge in [-0.15, -0.1) is 0 Å². The molecular weight excluding hydrogens is 256 g/mol. The molecule has 2 rings (SSSR count). The molecule has 5 nitrogen and oxygen atoms in total. The second-order valence-electron chi connectivity index (χ2n) is 6.26. The van der Waals surface area contributed by atoms with Gasteiger partial charge in [-0.2, -0.15) is 0 Å². The van der Waals surface area contributed by atoms with Crippen molar-refractivity contribution in [3.05, 3.63) is 23.0 Å². The van der Waals surface area contributed by atoms with E-state index in [-0.39, 0.29) is 17.8 Å². The van der Waals surface area contributed by atoms with Crippen molar-refractivity contribution in [1.82, 2.24) is 4.57 Å². The molecule has 20 heavy (non-hydrogen) atoms. The Bertz CT molecular complexity index is 544. The maximum Gasteiger partial charge on any atom is 0.243 e. The molecule has 1 aliphatic carbocycles. The average molecular weight is 278 g/mol. The number of aromatic nitrogens is 1. The zero-order chi connectivity index (χ0) is 14.9. The van der Waals surface area contributed by atoms with Crippen LogP contribution in [-0.2, 0) is 22.5 Å². The number of hydrogen-bond donors (Lipinski definition) is 1. The van der Waals surface area contributed by atoms with Crippen LogP contribution in [-0.4, -0.2) is 29.5 Å². The van der Waals surface area contributed by atoms with Gasteiger partial charge < -0.3 is 15.0 Å². The minimum absolute atomic E-state index is 0.000703. The maximum atomic E-state index is 12.2. The largest absolute Gasteiger partial charge is 0.370 e. The Balaban J connectivity index is 2.14. The molecule has 5 heteroatoms. The third kappa shape index (κ3) is 3.10. The van der Waals surface area contributed by atoms with Crippen molar-refractivity contribution in [3.8, 4) is 0 Å². The number of carbonyl (C=O) groups is 2. The van der Waals surface area contributed by atoms with E-state index in [1.54, 1.807) is 0 Å². The number of nitrogens with two attached hydrogens (primary N) is 1. The van der Waals surface area contributed by atoms with Crippen LogP contribution >= 0.6 is 0 Å². The van der Waals surface area contributed by atoms with Gasteiger partial charge in [-0.05, 0) is 24.8 Å². The van der Waals surface area contributed by atoms with E-state index in [0.29, 0.717) is 19.6 Å². The summed E-state index contributed by atoms with van der Waals surface area (Å²) in [6.45, 7) is 7.21. The van der Waals surface area contributed by atoms with Crippen LogP contribution in [0.4, 0.5) is 0 Å². The predicted octanol–water partition coefficient (Wildman–Crippen LogP) is 1.45. The summed E-state index contributed by atoms with van der Waals surface area (Å²) < 4.78 is 7.33. The topological polar surface area (TPSA) is 74.3 Å². The van der Waals surface area contributed by atoms with Crippen LogP contribution in [0.5, 0.6) is 0 Å². The van der Waals surface area contributed by atoms with E-state index in [1.807, 2.05) is 13.0 Å². The van der Waals surface area contributed by atoms with Crippen LogP contribution < -0.4 is 5.73 Å². The molecule has 0 aliphatic heterocycles. The van der Waals surface area contributed by atoms with Gasteiger partial charge in [0.25, 0.3) is 0 Å². The number of ketones is 1.